The molecule has 1 heterocycles. The second-order valence-electron chi connectivity index (χ2n) is 5.56. The van der Waals surface area contributed by atoms with E-state index in [1.807, 2.05) is 20.8 Å². The number of carbonyl (C=O) groups excluding carboxylic acids is 1. The van der Waals surface area contributed by atoms with E-state index in [0.717, 1.165) is 0 Å². The summed E-state index contributed by atoms with van der Waals surface area (Å²) < 4.78 is 26.0. The molecule has 0 spiro atoms. The maximum Gasteiger partial charge on any atom is 0.263 e. The van der Waals surface area contributed by atoms with Crippen LogP contribution in [0, 0.1) is 0 Å². The predicted octanol–water partition coefficient (Wildman–Crippen LogP) is 0.640. The van der Waals surface area contributed by atoms with Gasteiger partial charge in [-0.2, -0.15) is 0 Å². The number of rotatable bonds is 2. The molecular weight excluding hydrogens is 278 g/mol. The molecule has 20 heavy (non-hydrogen) atoms. The highest BCUT2D eigenvalue weighted by Gasteiger charge is 2.30. The zero-order valence-electron chi connectivity index (χ0n) is 11.6. The second-order valence-corrected chi connectivity index (χ2v) is 7.22. The van der Waals surface area contributed by atoms with Crippen molar-refractivity contribution >= 4 is 21.8 Å². The molecule has 0 saturated carbocycles. The van der Waals surface area contributed by atoms with Crippen molar-refractivity contribution in [2.75, 3.05) is 6.54 Å². The third kappa shape index (κ3) is 3.16. The molecule has 0 aromatic heterocycles. The molecule has 2 rings (SSSR count). The highest BCUT2D eigenvalue weighted by Crippen LogP contribution is 2.21. The van der Waals surface area contributed by atoms with E-state index in [2.05, 4.69) is 15.0 Å². The molecule has 108 valence electrons. The lowest BCUT2D eigenvalue weighted by molar-refractivity contribution is -0.121. The van der Waals surface area contributed by atoms with Crippen molar-refractivity contribution in [2.24, 2.45) is 4.99 Å². The number of amidine groups is 1. The van der Waals surface area contributed by atoms with Crippen LogP contribution in [0.2, 0.25) is 0 Å². The molecule has 1 aliphatic heterocycles. The average Bonchev–Trinajstić information content (AvgIpc) is 2.57. The number of hydrogen-bond acceptors (Lipinski definition) is 4. The predicted molar refractivity (Wildman–Crippen MR) is 76.1 cm³/mol. The number of nitrogens with one attached hydrogen (secondary N) is 2. The first kappa shape index (κ1) is 14.5. The standard InChI is InChI=1S/C13H17N3O3S/c1-13(2,3)15-11(17)8-14-12-9-6-4-5-7-10(9)20(18,19)16-12/h4-7H,8H2,1-3H3,(H,14,16)(H,15,17). The van der Waals surface area contributed by atoms with Crippen LogP contribution < -0.4 is 10.0 Å². The van der Waals surface area contributed by atoms with Gasteiger partial charge in [-0.05, 0) is 32.9 Å². The van der Waals surface area contributed by atoms with E-state index in [1.54, 1.807) is 18.2 Å². The normalized spacial score (nSPS) is 18.4. The minimum Gasteiger partial charge on any atom is -0.350 e. The summed E-state index contributed by atoms with van der Waals surface area (Å²) in [6, 6.07) is 6.54. The van der Waals surface area contributed by atoms with Crippen molar-refractivity contribution in [3.63, 3.8) is 0 Å². The zero-order chi connectivity index (χ0) is 15.0. The van der Waals surface area contributed by atoms with Gasteiger partial charge >= 0.3 is 0 Å². The summed E-state index contributed by atoms with van der Waals surface area (Å²) in [5.41, 5.74) is 0.153. The molecule has 2 N–H and O–H groups in total. The van der Waals surface area contributed by atoms with Gasteiger partial charge in [-0.1, -0.05) is 12.1 Å². The Morgan fingerprint density at radius 1 is 1.30 bits per heavy atom. The van der Waals surface area contributed by atoms with E-state index in [1.165, 1.54) is 6.07 Å². The van der Waals surface area contributed by atoms with Gasteiger partial charge in [0.15, 0.2) is 0 Å². The smallest absolute Gasteiger partial charge is 0.263 e. The van der Waals surface area contributed by atoms with Crippen LogP contribution in [0.1, 0.15) is 26.3 Å². The minimum atomic E-state index is -3.55. The highest BCUT2D eigenvalue weighted by atomic mass is 32.2. The van der Waals surface area contributed by atoms with Crippen molar-refractivity contribution in [2.45, 2.75) is 31.2 Å². The van der Waals surface area contributed by atoms with Crippen LogP contribution in [0.15, 0.2) is 34.2 Å². The van der Waals surface area contributed by atoms with Crippen LogP contribution in [0.4, 0.5) is 0 Å². The molecule has 1 aliphatic rings. The van der Waals surface area contributed by atoms with Crippen molar-refractivity contribution in [3.05, 3.63) is 29.8 Å². The van der Waals surface area contributed by atoms with Crippen molar-refractivity contribution < 1.29 is 13.2 Å². The molecule has 1 amide bonds. The Kier molecular flexibility index (Phi) is 3.56. The molecule has 0 atom stereocenters. The number of sulfonamides is 1. The maximum absolute atomic E-state index is 11.8. The van der Waals surface area contributed by atoms with Crippen LogP contribution in [0.3, 0.4) is 0 Å². The zero-order valence-corrected chi connectivity index (χ0v) is 12.4. The largest absolute Gasteiger partial charge is 0.350 e. The molecule has 0 unspecified atom stereocenters. The fourth-order valence-corrected chi connectivity index (χ4v) is 3.11. The van der Waals surface area contributed by atoms with Gasteiger partial charge in [0.2, 0.25) is 5.91 Å². The number of benzene rings is 1. The van der Waals surface area contributed by atoms with Gasteiger partial charge in [-0.15, -0.1) is 0 Å². The lowest BCUT2D eigenvalue weighted by Crippen LogP contribution is -2.42. The van der Waals surface area contributed by atoms with Crippen LogP contribution >= 0.6 is 0 Å². The van der Waals surface area contributed by atoms with Gasteiger partial charge in [0, 0.05) is 11.1 Å². The molecule has 7 heteroatoms. The Hall–Kier alpha value is -1.89. The Morgan fingerprint density at radius 2 is 1.95 bits per heavy atom. The Labute approximate surface area is 118 Å². The number of aliphatic imine (C=N–C) groups is 1. The molecular formula is C13H17N3O3S. The summed E-state index contributed by atoms with van der Waals surface area (Å²) in [5.74, 6) is -0.0433. The summed E-state index contributed by atoms with van der Waals surface area (Å²) in [5, 5.41) is 2.76. The van der Waals surface area contributed by atoms with Gasteiger partial charge in [0.1, 0.15) is 12.4 Å². The van der Waals surface area contributed by atoms with Crippen molar-refractivity contribution in [1.29, 1.82) is 0 Å². The lowest BCUT2D eigenvalue weighted by atomic mass is 10.1. The molecule has 6 nitrogen and oxygen atoms in total. The van der Waals surface area contributed by atoms with Crippen molar-refractivity contribution in [3.8, 4) is 0 Å². The van der Waals surface area contributed by atoms with E-state index in [0.29, 0.717) is 5.56 Å². The fourth-order valence-electron chi connectivity index (χ4n) is 1.86. The van der Waals surface area contributed by atoms with Gasteiger partial charge in [-0.25, -0.2) is 8.42 Å². The first-order valence-electron chi connectivity index (χ1n) is 6.17. The average molecular weight is 295 g/mol. The van der Waals surface area contributed by atoms with E-state index < -0.39 is 10.0 Å². The topological polar surface area (TPSA) is 87.6 Å². The van der Waals surface area contributed by atoms with Gasteiger partial charge in [0.05, 0.1) is 4.90 Å². The number of nitrogens with zero attached hydrogens (tertiary/aromatic N) is 1. The summed E-state index contributed by atoms with van der Waals surface area (Å²) in [7, 11) is -3.55. The van der Waals surface area contributed by atoms with E-state index in [4.69, 9.17) is 0 Å². The molecule has 0 saturated heterocycles. The van der Waals surface area contributed by atoms with Gasteiger partial charge in [-0.3, -0.25) is 14.5 Å². The highest BCUT2D eigenvalue weighted by molar-refractivity contribution is 7.90. The SMILES string of the molecule is CC(C)(C)NC(=O)CN=C1NS(=O)(=O)c2ccccc21. The van der Waals surface area contributed by atoms with Crippen molar-refractivity contribution in [1.82, 2.24) is 10.0 Å². The minimum absolute atomic E-state index is 0.122. The van der Waals surface area contributed by atoms with E-state index in [-0.39, 0.29) is 28.7 Å². The monoisotopic (exact) mass is 295 g/mol. The number of carbonyl (C=O) groups is 1. The molecule has 0 bridgehead atoms. The van der Waals surface area contributed by atoms with Crippen LogP contribution in [-0.2, 0) is 14.8 Å². The Morgan fingerprint density at radius 3 is 2.60 bits per heavy atom. The molecule has 1 aromatic rings. The van der Waals surface area contributed by atoms with Gasteiger partial charge in [0.25, 0.3) is 10.0 Å². The number of amides is 1. The summed E-state index contributed by atoms with van der Waals surface area (Å²) >= 11 is 0. The molecule has 0 aliphatic carbocycles. The Bertz CT molecular complexity index is 672. The molecule has 1 aromatic carbocycles. The third-order valence-electron chi connectivity index (χ3n) is 2.56. The molecule has 0 fully saturated rings. The first-order chi connectivity index (χ1) is 9.19. The summed E-state index contributed by atoms with van der Waals surface area (Å²) in [6.07, 6.45) is 0. The second kappa shape index (κ2) is 4.90. The summed E-state index contributed by atoms with van der Waals surface area (Å²) in [4.78, 5) is 15.9. The van der Waals surface area contributed by atoms with Crippen LogP contribution in [-0.4, -0.2) is 32.2 Å². The maximum atomic E-state index is 11.8. The van der Waals surface area contributed by atoms with Crippen LogP contribution in [0.25, 0.3) is 0 Å². The third-order valence-corrected chi connectivity index (χ3v) is 3.96. The summed E-state index contributed by atoms with van der Waals surface area (Å²) in [6.45, 7) is 5.48. The molecule has 0 radical (unpaired) electrons. The van der Waals surface area contributed by atoms with Crippen LogP contribution in [0.5, 0.6) is 0 Å². The van der Waals surface area contributed by atoms with E-state index >= 15 is 0 Å². The quantitative estimate of drug-likeness (QED) is 0.839. The first-order valence-corrected chi connectivity index (χ1v) is 7.65. The van der Waals surface area contributed by atoms with E-state index in [9.17, 15) is 13.2 Å². The fraction of sp³-hybridized carbons (Fsp3) is 0.385. The lowest BCUT2D eigenvalue weighted by Gasteiger charge is -2.19. The Balaban J connectivity index is 2.20. The number of fused-ring (bicyclic) bond motifs is 1. The number of hydrogen-bond donors (Lipinski definition) is 2. The van der Waals surface area contributed by atoms with Gasteiger partial charge < -0.3 is 5.32 Å².